The third kappa shape index (κ3) is 4.37. The molecule has 1 aromatic heterocycles. The number of nitrogens with one attached hydrogen (secondary N) is 2. The number of halogens is 2. The molecule has 7 heteroatoms. The molecule has 5 nitrogen and oxygen atoms in total. The van der Waals surface area contributed by atoms with Gasteiger partial charge in [0, 0.05) is 17.3 Å². The lowest BCUT2D eigenvalue weighted by Crippen LogP contribution is -2.05. The number of nitrogens with zero attached hydrogens (tertiary/aromatic N) is 3. The van der Waals surface area contributed by atoms with Gasteiger partial charge in [-0.25, -0.2) is 4.39 Å². The summed E-state index contributed by atoms with van der Waals surface area (Å²) in [5, 5.41) is 14.5. The summed E-state index contributed by atoms with van der Waals surface area (Å²) in [6.07, 6.45) is 1.52. The topological polar surface area (TPSA) is 62.7 Å². The molecule has 0 radical (unpaired) electrons. The number of rotatable bonds is 5. The Hall–Kier alpha value is -2.73. The highest BCUT2D eigenvalue weighted by atomic mass is 35.5. The van der Waals surface area contributed by atoms with Gasteiger partial charge in [-0.05, 0) is 35.9 Å². The number of benzene rings is 2. The van der Waals surface area contributed by atoms with Gasteiger partial charge in [0.15, 0.2) is 5.82 Å². The molecule has 3 aromatic rings. The van der Waals surface area contributed by atoms with Gasteiger partial charge in [-0.2, -0.15) is 10.1 Å². The number of anilines is 3. The lowest BCUT2D eigenvalue weighted by atomic mass is 10.2. The van der Waals surface area contributed by atoms with Crippen LogP contribution in [0.5, 0.6) is 0 Å². The summed E-state index contributed by atoms with van der Waals surface area (Å²) >= 11 is 5.85. The number of hydrogen-bond donors (Lipinski definition) is 2. The van der Waals surface area contributed by atoms with Crippen LogP contribution in [0.3, 0.4) is 0 Å². The fraction of sp³-hybridized carbons (Fsp3) is 0.0625. The molecule has 3 rings (SSSR count). The number of aromatic nitrogens is 3. The molecular formula is C16H13ClFN5. The fourth-order valence-electron chi connectivity index (χ4n) is 1.93. The fourth-order valence-corrected chi connectivity index (χ4v) is 2.06. The Bertz CT molecular complexity index is 794. The van der Waals surface area contributed by atoms with Crippen LogP contribution in [0.1, 0.15) is 5.56 Å². The second kappa shape index (κ2) is 7.02. The molecule has 0 saturated heterocycles. The number of hydrogen-bond acceptors (Lipinski definition) is 5. The highest BCUT2D eigenvalue weighted by Crippen LogP contribution is 2.15. The van der Waals surface area contributed by atoms with E-state index in [2.05, 4.69) is 25.8 Å². The molecule has 0 aliphatic rings. The predicted molar refractivity (Wildman–Crippen MR) is 88.3 cm³/mol. The third-order valence-corrected chi connectivity index (χ3v) is 3.28. The molecule has 0 aliphatic heterocycles. The molecule has 0 saturated carbocycles. The molecule has 116 valence electrons. The summed E-state index contributed by atoms with van der Waals surface area (Å²) in [6, 6.07) is 13.6. The maximum Gasteiger partial charge on any atom is 0.249 e. The zero-order chi connectivity index (χ0) is 16.1. The quantitative estimate of drug-likeness (QED) is 0.740. The molecule has 0 spiro atoms. The van der Waals surface area contributed by atoms with Crippen LogP contribution in [0.15, 0.2) is 54.7 Å². The monoisotopic (exact) mass is 329 g/mol. The smallest absolute Gasteiger partial charge is 0.249 e. The van der Waals surface area contributed by atoms with E-state index >= 15 is 0 Å². The largest absolute Gasteiger partial charge is 0.365 e. The van der Waals surface area contributed by atoms with Crippen LogP contribution in [-0.4, -0.2) is 15.2 Å². The molecule has 0 unspecified atom stereocenters. The standard InChI is InChI=1S/C16H13ClFN5/c17-12-6-4-11(5-7-12)9-19-15-10-20-23-16(22-15)21-14-3-1-2-13(18)8-14/h1-8,10H,9H2,(H2,19,21,22,23). The summed E-state index contributed by atoms with van der Waals surface area (Å²) in [5.41, 5.74) is 1.62. The minimum atomic E-state index is -0.333. The van der Waals surface area contributed by atoms with Crippen molar-refractivity contribution >= 4 is 29.1 Å². The molecule has 0 aliphatic carbocycles. The Morgan fingerprint density at radius 1 is 1.09 bits per heavy atom. The van der Waals surface area contributed by atoms with Gasteiger partial charge in [0.25, 0.3) is 0 Å². The van der Waals surface area contributed by atoms with Crippen LogP contribution in [0.2, 0.25) is 5.02 Å². The molecule has 1 heterocycles. The molecule has 0 atom stereocenters. The summed E-state index contributed by atoms with van der Waals surface area (Å²) in [4.78, 5) is 4.29. The van der Waals surface area contributed by atoms with E-state index in [0.29, 0.717) is 23.1 Å². The van der Waals surface area contributed by atoms with Crippen LogP contribution in [-0.2, 0) is 6.54 Å². The summed E-state index contributed by atoms with van der Waals surface area (Å²) in [7, 11) is 0. The third-order valence-electron chi connectivity index (χ3n) is 3.03. The maximum atomic E-state index is 13.2. The Labute approximate surface area is 137 Å². The SMILES string of the molecule is Fc1cccc(Nc2nncc(NCc3ccc(Cl)cc3)n2)c1. The van der Waals surface area contributed by atoms with Crippen LogP contribution < -0.4 is 10.6 Å². The molecule has 0 bridgehead atoms. The highest BCUT2D eigenvalue weighted by Gasteiger charge is 2.02. The average molecular weight is 330 g/mol. The van der Waals surface area contributed by atoms with Gasteiger partial charge >= 0.3 is 0 Å². The van der Waals surface area contributed by atoms with Gasteiger partial charge < -0.3 is 10.6 Å². The van der Waals surface area contributed by atoms with Crippen LogP contribution in [0, 0.1) is 5.82 Å². The Morgan fingerprint density at radius 3 is 2.70 bits per heavy atom. The van der Waals surface area contributed by atoms with Gasteiger partial charge in [0.2, 0.25) is 5.95 Å². The van der Waals surface area contributed by atoms with Gasteiger partial charge in [0.05, 0.1) is 6.20 Å². The zero-order valence-corrected chi connectivity index (χ0v) is 12.8. The molecule has 0 amide bonds. The van der Waals surface area contributed by atoms with Gasteiger partial charge in [-0.15, -0.1) is 5.10 Å². The average Bonchev–Trinajstić information content (AvgIpc) is 2.55. The Morgan fingerprint density at radius 2 is 1.91 bits per heavy atom. The molecule has 2 aromatic carbocycles. The van der Waals surface area contributed by atoms with Crippen molar-refractivity contribution in [1.82, 2.24) is 15.2 Å². The Kier molecular flexibility index (Phi) is 4.63. The first-order chi connectivity index (χ1) is 11.2. The lowest BCUT2D eigenvalue weighted by molar-refractivity contribution is 0.628. The maximum absolute atomic E-state index is 13.2. The lowest BCUT2D eigenvalue weighted by Gasteiger charge is -2.08. The predicted octanol–water partition coefficient (Wildman–Crippen LogP) is 4.02. The first kappa shape index (κ1) is 15.2. The van der Waals surface area contributed by atoms with E-state index in [1.165, 1.54) is 18.3 Å². The molecule has 23 heavy (non-hydrogen) atoms. The summed E-state index contributed by atoms with van der Waals surface area (Å²) in [5.74, 6) is 0.519. The van der Waals surface area contributed by atoms with Crippen molar-refractivity contribution in [2.24, 2.45) is 0 Å². The van der Waals surface area contributed by atoms with Crippen LogP contribution in [0.25, 0.3) is 0 Å². The van der Waals surface area contributed by atoms with Crippen LogP contribution >= 0.6 is 11.6 Å². The minimum absolute atomic E-state index is 0.289. The first-order valence-corrected chi connectivity index (χ1v) is 7.27. The molecule has 2 N–H and O–H groups in total. The summed E-state index contributed by atoms with van der Waals surface area (Å²) in [6.45, 7) is 0.579. The molecule has 0 fully saturated rings. The van der Waals surface area contributed by atoms with E-state index in [4.69, 9.17) is 11.6 Å². The normalized spacial score (nSPS) is 10.3. The second-order valence-corrected chi connectivity index (χ2v) is 5.22. The van der Waals surface area contributed by atoms with E-state index in [9.17, 15) is 4.39 Å². The van der Waals surface area contributed by atoms with E-state index in [0.717, 1.165) is 5.56 Å². The first-order valence-electron chi connectivity index (χ1n) is 6.90. The second-order valence-electron chi connectivity index (χ2n) is 4.78. The van der Waals surface area contributed by atoms with Crippen LogP contribution in [0.4, 0.5) is 21.8 Å². The van der Waals surface area contributed by atoms with Crippen molar-refractivity contribution in [1.29, 1.82) is 0 Å². The van der Waals surface area contributed by atoms with E-state index < -0.39 is 0 Å². The Balaban J connectivity index is 1.66. The van der Waals surface area contributed by atoms with Crippen molar-refractivity contribution in [3.05, 3.63) is 71.1 Å². The van der Waals surface area contributed by atoms with Gasteiger partial charge in [-0.3, -0.25) is 0 Å². The van der Waals surface area contributed by atoms with Crippen molar-refractivity contribution < 1.29 is 4.39 Å². The molecular weight excluding hydrogens is 317 g/mol. The van der Waals surface area contributed by atoms with Gasteiger partial charge in [0.1, 0.15) is 5.82 Å². The van der Waals surface area contributed by atoms with E-state index in [1.807, 2.05) is 24.3 Å². The minimum Gasteiger partial charge on any atom is -0.365 e. The zero-order valence-electron chi connectivity index (χ0n) is 12.0. The van der Waals surface area contributed by atoms with Crippen molar-refractivity contribution in [3.63, 3.8) is 0 Å². The van der Waals surface area contributed by atoms with E-state index in [-0.39, 0.29) is 11.8 Å². The van der Waals surface area contributed by atoms with Crippen molar-refractivity contribution in [2.45, 2.75) is 6.54 Å². The van der Waals surface area contributed by atoms with Gasteiger partial charge in [-0.1, -0.05) is 29.8 Å². The summed E-state index contributed by atoms with van der Waals surface area (Å²) < 4.78 is 13.2. The van der Waals surface area contributed by atoms with Crippen molar-refractivity contribution in [2.75, 3.05) is 10.6 Å². The van der Waals surface area contributed by atoms with Crippen molar-refractivity contribution in [3.8, 4) is 0 Å². The highest BCUT2D eigenvalue weighted by molar-refractivity contribution is 6.30. The van der Waals surface area contributed by atoms with E-state index in [1.54, 1.807) is 12.1 Å².